The first-order valence-corrected chi connectivity index (χ1v) is 13.0. The molecule has 1 aliphatic carbocycles. The Hall–Kier alpha value is -1.92. The molecule has 6 atom stereocenters. The third-order valence-electron chi connectivity index (χ3n) is 7.81. The van der Waals surface area contributed by atoms with E-state index in [1.807, 2.05) is 36.1 Å². The summed E-state index contributed by atoms with van der Waals surface area (Å²) in [6.45, 7) is 9.76. The highest BCUT2D eigenvalue weighted by Gasteiger charge is 2.40. The van der Waals surface area contributed by atoms with Crippen molar-refractivity contribution in [2.75, 3.05) is 27.3 Å². The zero-order chi connectivity index (χ0) is 25.1. The Bertz CT molecular complexity index is 716. The van der Waals surface area contributed by atoms with Gasteiger partial charge in [0.15, 0.2) is 0 Å². The van der Waals surface area contributed by atoms with Crippen LogP contribution in [0.3, 0.4) is 0 Å². The van der Waals surface area contributed by atoms with Gasteiger partial charge in [-0.05, 0) is 37.0 Å². The first-order valence-electron chi connectivity index (χ1n) is 13.0. The molecule has 2 amide bonds. The number of ether oxygens (including phenoxy) is 2. The maximum Gasteiger partial charge on any atom is 0.225 e. The molecule has 1 N–H and O–H groups in total. The fraction of sp³-hybridized carbons (Fsp3) is 0.714. The van der Waals surface area contributed by atoms with Crippen LogP contribution >= 0.6 is 0 Å². The molecule has 0 unspecified atom stereocenters. The second-order valence-electron chi connectivity index (χ2n) is 9.91. The number of rotatable bonds is 13. The Morgan fingerprint density at radius 3 is 2.32 bits per heavy atom. The van der Waals surface area contributed by atoms with Gasteiger partial charge in [-0.3, -0.25) is 9.59 Å². The smallest absolute Gasteiger partial charge is 0.225 e. The van der Waals surface area contributed by atoms with Crippen LogP contribution in [0, 0.1) is 23.7 Å². The van der Waals surface area contributed by atoms with Crippen LogP contribution in [0.15, 0.2) is 36.5 Å². The molecule has 1 aliphatic heterocycles. The molecule has 1 fully saturated rings. The van der Waals surface area contributed by atoms with Crippen molar-refractivity contribution in [3.05, 3.63) is 36.5 Å². The minimum absolute atomic E-state index is 0.0222. The fourth-order valence-corrected chi connectivity index (χ4v) is 5.12. The van der Waals surface area contributed by atoms with E-state index in [1.165, 1.54) is 0 Å². The lowest BCUT2D eigenvalue weighted by molar-refractivity contribution is -0.142. The normalized spacial score (nSPS) is 22.8. The molecule has 0 radical (unpaired) electrons. The van der Waals surface area contributed by atoms with Crippen molar-refractivity contribution in [1.29, 1.82) is 0 Å². The zero-order valence-electron chi connectivity index (χ0n) is 22.0. The van der Waals surface area contributed by atoms with Crippen molar-refractivity contribution in [3.63, 3.8) is 0 Å². The van der Waals surface area contributed by atoms with Gasteiger partial charge in [-0.25, -0.2) is 0 Å². The molecule has 2 aliphatic rings. The molecule has 6 nitrogen and oxygen atoms in total. The van der Waals surface area contributed by atoms with Gasteiger partial charge >= 0.3 is 0 Å². The third kappa shape index (κ3) is 7.81. The zero-order valence-corrected chi connectivity index (χ0v) is 22.0. The standard InChI is InChI=1S/C28H46N2O4/c1-7-20(2)21(3)25(33-5)19-26(31)30-18-12-15-24(30)27(34-6)22(4)28(32)29-17-16-23-13-10-8-9-11-14-23/h8-11,13-14,20-25,27H,7,12,15-19H2,1-6H3,(H,29,32)/t20-,21-,22+,24-,25+,27+/m0/s1. The number of carbonyl (C=O) groups is 2. The number of carbonyl (C=O) groups excluding carboxylic acids is 2. The van der Waals surface area contributed by atoms with Crippen molar-refractivity contribution < 1.29 is 19.1 Å². The lowest BCUT2D eigenvalue weighted by Gasteiger charge is -2.35. The quantitative estimate of drug-likeness (QED) is 0.426. The molecule has 0 spiro atoms. The number of likely N-dealkylation sites (tertiary alicyclic amines) is 1. The molecule has 1 heterocycles. The number of hydrogen-bond donors (Lipinski definition) is 1. The molecule has 0 aromatic rings. The molecular weight excluding hydrogens is 428 g/mol. The second-order valence-corrected chi connectivity index (χ2v) is 9.91. The van der Waals surface area contributed by atoms with Crippen LogP contribution in [-0.4, -0.2) is 62.3 Å². The number of amides is 2. The highest BCUT2D eigenvalue weighted by atomic mass is 16.5. The van der Waals surface area contributed by atoms with E-state index in [0.717, 1.165) is 25.7 Å². The van der Waals surface area contributed by atoms with Crippen LogP contribution in [0.25, 0.3) is 0 Å². The van der Waals surface area contributed by atoms with Gasteiger partial charge in [-0.2, -0.15) is 0 Å². The summed E-state index contributed by atoms with van der Waals surface area (Å²) >= 11 is 0. The summed E-state index contributed by atoms with van der Waals surface area (Å²) in [7, 11) is 3.34. The van der Waals surface area contributed by atoms with E-state index in [0.29, 0.717) is 37.3 Å². The van der Waals surface area contributed by atoms with Gasteiger partial charge in [0.2, 0.25) is 11.8 Å². The molecular formula is C28H46N2O4. The molecule has 0 aromatic heterocycles. The van der Waals surface area contributed by atoms with Gasteiger partial charge in [0.25, 0.3) is 0 Å². The maximum atomic E-state index is 13.3. The molecule has 0 aromatic carbocycles. The summed E-state index contributed by atoms with van der Waals surface area (Å²) in [5.41, 5.74) is 0. The highest BCUT2D eigenvalue weighted by Crippen LogP contribution is 2.29. The lowest BCUT2D eigenvalue weighted by atomic mass is 9.87. The predicted molar refractivity (Wildman–Crippen MR) is 137 cm³/mol. The average molecular weight is 475 g/mol. The van der Waals surface area contributed by atoms with Crippen LogP contribution in [0.4, 0.5) is 0 Å². The van der Waals surface area contributed by atoms with E-state index in [2.05, 4.69) is 38.2 Å². The van der Waals surface area contributed by atoms with Gasteiger partial charge in [0.05, 0.1) is 30.6 Å². The van der Waals surface area contributed by atoms with E-state index in [1.54, 1.807) is 14.2 Å². The fourth-order valence-electron chi connectivity index (χ4n) is 5.12. The molecule has 1 saturated heterocycles. The minimum atomic E-state index is -0.345. The van der Waals surface area contributed by atoms with Crippen molar-refractivity contribution in [1.82, 2.24) is 10.2 Å². The monoisotopic (exact) mass is 474 g/mol. The van der Waals surface area contributed by atoms with Crippen molar-refractivity contribution in [2.24, 2.45) is 23.7 Å². The van der Waals surface area contributed by atoms with E-state index in [4.69, 9.17) is 9.47 Å². The first kappa shape index (κ1) is 28.3. The number of nitrogens with zero attached hydrogens (tertiary/aromatic N) is 1. The van der Waals surface area contributed by atoms with E-state index >= 15 is 0 Å². The Morgan fingerprint density at radius 1 is 1.06 bits per heavy atom. The Kier molecular flexibility index (Phi) is 12.1. The number of methoxy groups -OCH3 is 2. The largest absolute Gasteiger partial charge is 0.381 e. The van der Waals surface area contributed by atoms with Gasteiger partial charge in [0.1, 0.15) is 0 Å². The Labute approximate surface area is 206 Å². The van der Waals surface area contributed by atoms with Gasteiger partial charge in [-0.15, -0.1) is 0 Å². The summed E-state index contributed by atoms with van der Waals surface area (Å²) in [6, 6.07) is -0.0894. The van der Waals surface area contributed by atoms with Crippen LogP contribution in [0.5, 0.6) is 0 Å². The second kappa shape index (κ2) is 14.5. The third-order valence-corrected chi connectivity index (χ3v) is 7.81. The average Bonchev–Trinajstić information content (AvgIpc) is 3.18. The van der Waals surface area contributed by atoms with E-state index in [-0.39, 0.29) is 36.0 Å². The highest BCUT2D eigenvalue weighted by molar-refractivity contribution is 5.80. The lowest BCUT2D eigenvalue weighted by Crippen LogP contribution is -2.50. The maximum absolute atomic E-state index is 13.3. The summed E-state index contributed by atoms with van der Waals surface area (Å²) in [5.74, 6) is 0.839. The van der Waals surface area contributed by atoms with Crippen molar-refractivity contribution >= 4 is 11.8 Å². The number of allylic oxidation sites excluding steroid dienone is 6. The number of hydrogen-bond acceptors (Lipinski definition) is 4. The Morgan fingerprint density at radius 2 is 1.74 bits per heavy atom. The van der Waals surface area contributed by atoms with Crippen molar-refractivity contribution in [3.8, 4) is 0 Å². The first-order chi connectivity index (χ1) is 16.3. The van der Waals surface area contributed by atoms with Crippen LogP contribution < -0.4 is 5.32 Å². The molecule has 6 heteroatoms. The predicted octanol–water partition coefficient (Wildman–Crippen LogP) is 4.52. The molecule has 0 saturated carbocycles. The van der Waals surface area contributed by atoms with Gasteiger partial charge in [0, 0.05) is 27.3 Å². The summed E-state index contributed by atoms with van der Waals surface area (Å²) in [4.78, 5) is 28.2. The van der Waals surface area contributed by atoms with Crippen LogP contribution in [-0.2, 0) is 19.1 Å². The molecule has 2 rings (SSSR count). The van der Waals surface area contributed by atoms with Gasteiger partial charge in [-0.1, -0.05) is 70.6 Å². The minimum Gasteiger partial charge on any atom is -0.381 e. The molecule has 34 heavy (non-hydrogen) atoms. The summed E-state index contributed by atoms with van der Waals surface area (Å²) in [6.07, 6.45) is 16.0. The summed E-state index contributed by atoms with van der Waals surface area (Å²) < 4.78 is 11.5. The SMILES string of the molecule is CC[C@H](C)[C@H](C)[C@@H](CC(=O)N1CCC[C@H]1[C@H](OC)[C@@H](C)C(=O)NCCC1C=CC=CC=C1)OC. The topological polar surface area (TPSA) is 67.9 Å². The van der Waals surface area contributed by atoms with Crippen LogP contribution in [0.1, 0.15) is 59.8 Å². The van der Waals surface area contributed by atoms with E-state index < -0.39 is 0 Å². The van der Waals surface area contributed by atoms with Crippen LogP contribution in [0.2, 0.25) is 0 Å². The molecule has 192 valence electrons. The number of nitrogens with one attached hydrogen (secondary N) is 1. The van der Waals surface area contributed by atoms with Gasteiger partial charge < -0.3 is 19.7 Å². The van der Waals surface area contributed by atoms with Crippen molar-refractivity contribution in [2.45, 2.75) is 78.0 Å². The molecule has 0 bridgehead atoms. The summed E-state index contributed by atoms with van der Waals surface area (Å²) in [5, 5.41) is 3.08. The Balaban J connectivity index is 1.95. The van der Waals surface area contributed by atoms with E-state index in [9.17, 15) is 9.59 Å².